The Balaban J connectivity index is 0. The Labute approximate surface area is 60.7 Å². The Morgan fingerprint density at radius 3 is 1.67 bits per heavy atom. The summed E-state index contributed by atoms with van der Waals surface area (Å²) in [6.07, 6.45) is 0. The van der Waals surface area contributed by atoms with Crippen molar-refractivity contribution in [1.29, 1.82) is 0 Å². The van der Waals surface area contributed by atoms with E-state index in [1.54, 1.807) is 0 Å². The van der Waals surface area contributed by atoms with Crippen LogP contribution in [0.15, 0.2) is 0 Å². The van der Waals surface area contributed by atoms with Gasteiger partial charge < -0.3 is 13.7 Å². The highest BCUT2D eigenvalue weighted by atomic mass is 28.3. The van der Waals surface area contributed by atoms with Gasteiger partial charge in [0, 0.05) is 0 Å². The summed E-state index contributed by atoms with van der Waals surface area (Å²) < 4.78 is 13.8. The van der Waals surface area contributed by atoms with Crippen LogP contribution in [0.1, 0.15) is 0 Å². The molecule has 0 radical (unpaired) electrons. The Kier molecular flexibility index (Phi) is 10.5. The summed E-state index contributed by atoms with van der Waals surface area (Å²) in [5.74, 6) is 0. The van der Waals surface area contributed by atoms with Gasteiger partial charge in [0.2, 0.25) is 0 Å². The van der Waals surface area contributed by atoms with Crippen LogP contribution in [0.5, 0.6) is 0 Å². The third-order valence-electron chi connectivity index (χ3n) is 0.471. The van der Waals surface area contributed by atoms with Crippen LogP contribution in [0.4, 0.5) is 0 Å². The molecule has 7 heteroatoms. The molecule has 0 aromatic heterocycles. The van der Waals surface area contributed by atoms with Crippen molar-refractivity contribution in [1.82, 2.24) is 0 Å². The molecule has 0 amide bonds. The fourth-order valence-electron chi connectivity index (χ4n) is 0. The first-order chi connectivity index (χ1) is 4.00. The molecule has 0 saturated heterocycles. The first-order valence-electron chi connectivity index (χ1n) is 2.45. The summed E-state index contributed by atoms with van der Waals surface area (Å²) in [5, 5.41) is 0. The second-order valence-electron chi connectivity index (χ2n) is 1.57. The molecule has 9 heavy (non-hydrogen) atoms. The fraction of sp³-hybridized carbons (Fsp3) is 1.00. The zero-order valence-electron chi connectivity index (χ0n) is 5.79. The number of hydrogen-bond donors (Lipinski definition) is 2. The molecule has 0 unspecified atom stereocenters. The lowest BCUT2D eigenvalue weighted by atomic mass is 11.9. The highest BCUT2D eigenvalue weighted by Gasteiger charge is 1.85. The molecule has 0 aliphatic heterocycles. The minimum Gasteiger partial charge on any atom is -0.511 e. The second kappa shape index (κ2) is 8.01. The maximum absolute atomic E-state index is 8.74. The summed E-state index contributed by atoms with van der Waals surface area (Å²) in [6.45, 7) is 4.35. The van der Waals surface area contributed by atoms with Gasteiger partial charge in [-0.05, 0) is 13.1 Å². The van der Waals surface area contributed by atoms with Gasteiger partial charge in [-0.1, -0.05) is 0 Å². The first-order valence-corrected chi connectivity index (χ1v) is 7.35. The van der Waals surface area contributed by atoms with Gasteiger partial charge >= 0.3 is 9.17 Å². The van der Waals surface area contributed by atoms with Crippen LogP contribution < -0.4 is 0 Å². The Bertz CT molecular complexity index is 70.2. The number of rotatable bonds is 1. The topological polar surface area (TPSA) is 66.8 Å². The lowest BCUT2D eigenvalue weighted by Crippen LogP contribution is -2.02. The van der Waals surface area contributed by atoms with Gasteiger partial charge in [-0.25, -0.2) is 0 Å². The van der Waals surface area contributed by atoms with E-state index in [4.69, 9.17) is 18.2 Å². The molecule has 0 aliphatic carbocycles. The lowest BCUT2D eigenvalue weighted by Gasteiger charge is -1.93. The summed E-state index contributed by atoms with van der Waals surface area (Å²) in [4.78, 5) is 14.3. The Hall–Kier alpha value is 0.0106. The fourth-order valence-corrected chi connectivity index (χ4v) is 0. The van der Waals surface area contributed by atoms with Crippen LogP contribution in [-0.4, -0.2) is 38.3 Å². The van der Waals surface area contributed by atoms with Crippen LogP contribution in [0.25, 0.3) is 0 Å². The minimum atomic E-state index is -3.13. The average Bonchev–Trinajstić information content (AvgIpc) is 1.65. The van der Waals surface area contributed by atoms with Gasteiger partial charge in [0.25, 0.3) is 0 Å². The highest BCUT2D eigenvalue weighted by Crippen LogP contribution is 1.72. The molecular weight excluding hydrogens is 172 g/mol. The molecule has 0 aromatic rings. The Morgan fingerprint density at radius 1 is 1.56 bits per heavy atom. The molecular formula is C2H12O4Si3. The minimum absolute atomic E-state index is 0.588. The summed E-state index contributed by atoms with van der Waals surface area (Å²) >= 11 is 0. The number of hydrogen-bond acceptors (Lipinski definition) is 2. The van der Waals surface area contributed by atoms with Crippen molar-refractivity contribution in [2.45, 2.75) is 13.1 Å². The van der Waals surface area contributed by atoms with Crippen molar-refractivity contribution in [2.75, 3.05) is 0 Å². The Morgan fingerprint density at radius 2 is 1.67 bits per heavy atom. The van der Waals surface area contributed by atoms with Crippen molar-refractivity contribution >= 4 is 28.7 Å². The molecule has 0 rings (SSSR count). The van der Waals surface area contributed by atoms with E-state index in [1.807, 2.05) is 0 Å². The van der Waals surface area contributed by atoms with Crippen LogP contribution in [0.2, 0.25) is 13.1 Å². The SMILES string of the molecule is C[SiH](C)O[SiH3].O=[Si](O)O. The van der Waals surface area contributed by atoms with Gasteiger partial charge in [-0.2, -0.15) is 0 Å². The highest BCUT2D eigenvalue weighted by molar-refractivity contribution is 6.52. The van der Waals surface area contributed by atoms with Crippen LogP contribution in [0.3, 0.4) is 0 Å². The van der Waals surface area contributed by atoms with Crippen LogP contribution in [-0.2, 0) is 8.58 Å². The van der Waals surface area contributed by atoms with E-state index in [-0.39, 0.29) is 0 Å². The van der Waals surface area contributed by atoms with Gasteiger partial charge in [-0.3, -0.25) is 4.46 Å². The summed E-state index contributed by atoms with van der Waals surface area (Å²) in [7, 11) is -2.78. The molecule has 0 bridgehead atoms. The third kappa shape index (κ3) is 71.6. The van der Waals surface area contributed by atoms with E-state index in [9.17, 15) is 0 Å². The van der Waals surface area contributed by atoms with E-state index >= 15 is 0 Å². The predicted octanol–water partition coefficient (Wildman–Crippen LogP) is -2.35. The molecule has 4 nitrogen and oxygen atoms in total. The van der Waals surface area contributed by atoms with E-state index in [2.05, 4.69) is 13.1 Å². The monoisotopic (exact) mass is 184 g/mol. The molecule has 0 fully saturated rings. The molecule has 0 atom stereocenters. The largest absolute Gasteiger partial charge is 0.761 e. The van der Waals surface area contributed by atoms with Crippen molar-refractivity contribution < 1.29 is 18.2 Å². The van der Waals surface area contributed by atoms with E-state index < -0.39 is 18.2 Å². The molecule has 2 N–H and O–H groups in total. The standard InChI is InChI=1S/C2H10OSi2.H2O3Si/c1-5(2)3-4;1-4(2)3/h5H,1-2,4H3;1-2H. The van der Waals surface area contributed by atoms with Crippen molar-refractivity contribution in [3.8, 4) is 0 Å². The van der Waals surface area contributed by atoms with Crippen LogP contribution in [0, 0.1) is 0 Å². The predicted molar refractivity (Wildman–Crippen MR) is 40.8 cm³/mol. The summed E-state index contributed by atoms with van der Waals surface area (Å²) in [5.41, 5.74) is 0. The zero-order chi connectivity index (χ0) is 7.86. The second-order valence-corrected chi connectivity index (χ2v) is 6.12. The molecule has 0 aromatic carbocycles. The van der Waals surface area contributed by atoms with E-state index in [0.29, 0.717) is 0 Å². The molecule has 0 spiro atoms. The van der Waals surface area contributed by atoms with Crippen molar-refractivity contribution in [3.63, 3.8) is 0 Å². The molecule has 0 heterocycles. The first kappa shape index (κ1) is 11.8. The molecule has 0 aliphatic rings. The van der Waals surface area contributed by atoms with Crippen molar-refractivity contribution in [2.24, 2.45) is 0 Å². The smallest absolute Gasteiger partial charge is 0.511 e. The third-order valence-corrected chi connectivity index (χ3v) is 4.24. The lowest BCUT2D eigenvalue weighted by molar-refractivity contribution is 0.330. The molecule has 0 saturated carbocycles. The van der Waals surface area contributed by atoms with E-state index in [0.717, 1.165) is 10.5 Å². The van der Waals surface area contributed by atoms with Crippen LogP contribution >= 0.6 is 0 Å². The van der Waals surface area contributed by atoms with Gasteiger partial charge in [-0.15, -0.1) is 0 Å². The maximum Gasteiger partial charge on any atom is 0.761 e. The quantitative estimate of drug-likeness (QED) is 0.448. The average molecular weight is 184 g/mol. The van der Waals surface area contributed by atoms with Gasteiger partial charge in [0.1, 0.15) is 10.5 Å². The zero-order valence-corrected chi connectivity index (χ0v) is 9.94. The maximum atomic E-state index is 8.74. The van der Waals surface area contributed by atoms with E-state index in [1.165, 1.54) is 0 Å². The van der Waals surface area contributed by atoms with Gasteiger partial charge in [0.15, 0.2) is 9.04 Å². The normalized spacial score (nSPS) is 8.33. The van der Waals surface area contributed by atoms with Crippen molar-refractivity contribution in [3.05, 3.63) is 0 Å². The molecule has 56 valence electrons. The van der Waals surface area contributed by atoms with Gasteiger partial charge in [0.05, 0.1) is 0 Å². The summed E-state index contributed by atoms with van der Waals surface area (Å²) in [6, 6.07) is 0.